The Morgan fingerprint density at radius 1 is 1.03 bits per heavy atom. The van der Waals surface area contributed by atoms with Crippen molar-refractivity contribution in [2.75, 3.05) is 40.4 Å². The van der Waals surface area contributed by atoms with Crippen LogP contribution in [0.25, 0.3) is 0 Å². The molecule has 10 nitrogen and oxygen atoms in total. The highest BCUT2D eigenvalue weighted by molar-refractivity contribution is 7.89. The van der Waals surface area contributed by atoms with E-state index in [0.717, 1.165) is 5.56 Å². The fraction of sp³-hybridized carbons (Fsp3) is 0.368. The van der Waals surface area contributed by atoms with Gasteiger partial charge in [-0.05, 0) is 31.2 Å². The second-order valence-corrected chi connectivity index (χ2v) is 8.55. The molecule has 2 N–H and O–H groups in total. The number of hydrogen-bond donors (Lipinski definition) is 1. The number of ether oxygens (including phenoxy) is 2. The van der Waals surface area contributed by atoms with Crippen LogP contribution in [0.5, 0.6) is 11.5 Å². The maximum atomic E-state index is 12.9. The van der Waals surface area contributed by atoms with Gasteiger partial charge in [-0.1, -0.05) is 0 Å². The van der Waals surface area contributed by atoms with Gasteiger partial charge in [-0.15, -0.1) is 0 Å². The lowest BCUT2D eigenvalue weighted by Gasteiger charge is -2.33. The third-order valence-electron chi connectivity index (χ3n) is 4.94. The molecule has 2 aromatic rings. The number of benzene rings is 1. The first kappa shape index (κ1) is 21.7. The Bertz CT molecular complexity index is 1040. The number of piperazine rings is 1. The van der Waals surface area contributed by atoms with E-state index < -0.39 is 15.9 Å². The summed E-state index contributed by atoms with van der Waals surface area (Å²) in [7, 11) is -0.911. The molecule has 1 aliphatic heterocycles. The number of methoxy groups -OCH3 is 2. The monoisotopic (exact) mass is 437 g/mol. The summed E-state index contributed by atoms with van der Waals surface area (Å²) < 4.78 is 42.3. The van der Waals surface area contributed by atoms with Gasteiger partial charge in [0.15, 0.2) is 5.76 Å². The lowest BCUT2D eigenvalue weighted by molar-refractivity contribution is 0.0696. The smallest absolute Gasteiger partial charge is 0.284 e. The second-order valence-electron chi connectivity index (χ2n) is 6.68. The van der Waals surface area contributed by atoms with Crippen LogP contribution in [0.2, 0.25) is 0 Å². The predicted molar refractivity (Wildman–Crippen MR) is 106 cm³/mol. The van der Waals surface area contributed by atoms with Crippen molar-refractivity contribution in [3.8, 4) is 11.5 Å². The Morgan fingerprint density at radius 3 is 2.07 bits per heavy atom. The number of amides is 2. The maximum absolute atomic E-state index is 12.9. The van der Waals surface area contributed by atoms with Crippen molar-refractivity contribution >= 4 is 21.8 Å². The largest absolute Gasteiger partial charge is 0.496 e. The number of hydrogen-bond acceptors (Lipinski definition) is 7. The molecule has 0 radical (unpaired) electrons. The Kier molecular flexibility index (Phi) is 6.04. The molecule has 1 saturated heterocycles. The second kappa shape index (κ2) is 8.36. The summed E-state index contributed by atoms with van der Waals surface area (Å²) in [6.07, 6.45) is 0. The Hall–Kier alpha value is -3.05. The lowest BCUT2D eigenvalue weighted by Crippen LogP contribution is -2.50. The minimum absolute atomic E-state index is 0.0841. The molecule has 0 spiro atoms. The quantitative estimate of drug-likeness (QED) is 0.708. The Balaban J connectivity index is 1.73. The average Bonchev–Trinajstić information content (AvgIpc) is 3.25. The first-order valence-corrected chi connectivity index (χ1v) is 10.5. The van der Waals surface area contributed by atoms with E-state index in [0.29, 0.717) is 17.1 Å². The van der Waals surface area contributed by atoms with Gasteiger partial charge in [-0.25, -0.2) is 8.42 Å². The zero-order valence-electron chi connectivity index (χ0n) is 16.9. The van der Waals surface area contributed by atoms with Crippen molar-refractivity contribution in [1.29, 1.82) is 0 Å². The summed E-state index contributed by atoms with van der Waals surface area (Å²) in [6, 6.07) is 5.68. The van der Waals surface area contributed by atoms with Crippen LogP contribution in [0.4, 0.5) is 0 Å². The molecule has 2 heterocycles. The molecule has 0 unspecified atom stereocenters. The molecule has 0 aliphatic carbocycles. The van der Waals surface area contributed by atoms with Gasteiger partial charge in [-0.2, -0.15) is 4.31 Å². The highest BCUT2D eigenvalue weighted by Crippen LogP contribution is 2.30. The van der Waals surface area contributed by atoms with Crippen LogP contribution < -0.4 is 15.2 Å². The normalized spacial score (nSPS) is 15.1. The first-order chi connectivity index (χ1) is 14.2. The number of rotatable bonds is 6. The van der Waals surface area contributed by atoms with E-state index in [2.05, 4.69) is 0 Å². The van der Waals surface area contributed by atoms with Crippen LogP contribution in [0.1, 0.15) is 26.5 Å². The zero-order chi connectivity index (χ0) is 22.1. The number of carbonyl (C=O) groups excluding carboxylic acids is 2. The van der Waals surface area contributed by atoms with Gasteiger partial charge >= 0.3 is 0 Å². The van der Waals surface area contributed by atoms with Crippen LogP contribution in [-0.2, 0) is 10.0 Å². The third-order valence-corrected chi connectivity index (χ3v) is 6.72. The topological polar surface area (TPSA) is 132 Å². The van der Waals surface area contributed by atoms with Gasteiger partial charge < -0.3 is 24.5 Å². The van der Waals surface area contributed by atoms with E-state index >= 15 is 0 Å². The maximum Gasteiger partial charge on any atom is 0.284 e. The van der Waals surface area contributed by atoms with Gasteiger partial charge in [-0.3, -0.25) is 9.59 Å². The molecule has 0 saturated carbocycles. The van der Waals surface area contributed by atoms with Crippen LogP contribution in [0.3, 0.4) is 0 Å². The van der Waals surface area contributed by atoms with E-state index in [9.17, 15) is 18.0 Å². The van der Waals surface area contributed by atoms with Gasteiger partial charge in [0.25, 0.3) is 21.8 Å². The van der Waals surface area contributed by atoms with Crippen molar-refractivity contribution in [3.63, 3.8) is 0 Å². The molecule has 162 valence electrons. The zero-order valence-corrected chi connectivity index (χ0v) is 17.7. The van der Waals surface area contributed by atoms with Crippen LogP contribution in [-0.4, -0.2) is 69.8 Å². The van der Waals surface area contributed by atoms with Crippen molar-refractivity contribution in [2.24, 2.45) is 5.73 Å². The fourth-order valence-corrected chi connectivity index (χ4v) is 4.58. The summed E-state index contributed by atoms with van der Waals surface area (Å²) in [5, 5.41) is -0.357. The summed E-state index contributed by atoms with van der Waals surface area (Å²) in [6.45, 7) is 2.38. The summed E-state index contributed by atoms with van der Waals surface area (Å²) in [4.78, 5) is 25.6. The molecule has 1 aromatic carbocycles. The Labute approximate surface area is 174 Å². The first-order valence-electron chi connectivity index (χ1n) is 9.10. The highest BCUT2D eigenvalue weighted by Gasteiger charge is 2.33. The van der Waals surface area contributed by atoms with E-state index in [1.807, 2.05) is 6.92 Å². The molecular weight excluding hydrogens is 414 g/mol. The number of nitrogens with zero attached hydrogens (tertiary/aromatic N) is 2. The number of sulfonamides is 1. The van der Waals surface area contributed by atoms with Crippen LogP contribution in [0.15, 0.2) is 33.8 Å². The van der Waals surface area contributed by atoms with Crippen molar-refractivity contribution in [3.05, 3.63) is 41.2 Å². The molecule has 1 aliphatic rings. The van der Waals surface area contributed by atoms with E-state index in [4.69, 9.17) is 19.6 Å². The number of primary amides is 1. The SMILES string of the molecule is COc1cc(C(=O)N2CCN(S(=O)(=O)c3ccc(C(N)=O)o3)CC2)cc(OC)c1C. The molecule has 1 fully saturated rings. The average molecular weight is 437 g/mol. The summed E-state index contributed by atoms with van der Waals surface area (Å²) in [5.41, 5.74) is 6.27. The van der Waals surface area contributed by atoms with Gasteiger partial charge in [0.05, 0.1) is 14.2 Å². The summed E-state index contributed by atoms with van der Waals surface area (Å²) >= 11 is 0. The lowest BCUT2D eigenvalue weighted by atomic mass is 10.1. The minimum Gasteiger partial charge on any atom is -0.496 e. The molecule has 0 bridgehead atoms. The molecule has 3 rings (SSSR count). The van der Waals surface area contributed by atoms with Crippen molar-refractivity contribution < 1.29 is 31.9 Å². The van der Waals surface area contributed by atoms with Gasteiger partial charge in [0, 0.05) is 37.3 Å². The minimum atomic E-state index is -3.93. The number of furan rings is 1. The fourth-order valence-electron chi connectivity index (χ4n) is 3.24. The van der Waals surface area contributed by atoms with E-state index in [1.165, 1.54) is 30.7 Å². The standard InChI is InChI=1S/C19H23N3O7S/c1-12-15(27-2)10-13(11-16(12)28-3)19(24)21-6-8-22(9-7-21)30(25,26)17-5-4-14(29-17)18(20)23/h4-5,10-11H,6-9H2,1-3H3,(H2,20,23). The molecule has 11 heteroatoms. The van der Waals surface area contributed by atoms with Crippen molar-refractivity contribution in [1.82, 2.24) is 9.21 Å². The predicted octanol–water partition coefficient (Wildman–Crippen LogP) is 0.851. The van der Waals surface area contributed by atoms with Crippen LogP contribution in [0, 0.1) is 6.92 Å². The molecule has 1 aromatic heterocycles. The highest BCUT2D eigenvalue weighted by atomic mass is 32.2. The van der Waals surface area contributed by atoms with E-state index in [-0.39, 0.29) is 42.9 Å². The molecule has 0 atom stereocenters. The van der Waals surface area contributed by atoms with Gasteiger partial charge in [0.1, 0.15) is 11.5 Å². The van der Waals surface area contributed by atoms with E-state index in [1.54, 1.807) is 17.0 Å². The number of nitrogens with two attached hydrogens (primary N) is 1. The number of carbonyl (C=O) groups is 2. The molecule has 30 heavy (non-hydrogen) atoms. The molecular formula is C19H23N3O7S. The third kappa shape index (κ3) is 3.98. The Morgan fingerprint density at radius 2 is 1.60 bits per heavy atom. The summed E-state index contributed by atoms with van der Waals surface area (Å²) in [5.74, 6) is -0.276. The van der Waals surface area contributed by atoms with Crippen LogP contribution >= 0.6 is 0 Å². The molecule has 2 amide bonds. The van der Waals surface area contributed by atoms with Crippen molar-refractivity contribution in [2.45, 2.75) is 12.0 Å². The van der Waals surface area contributed by atoms with Gasteiger partial charge in [0.2, 0.25) is 5.09 Å².